The number of likely N-dealkylation sites (tertiary alicyclic amines) is 1. The second kappa shape index (κ2) is 6.36. The SMILES string of the molecule is Cc1cccc(/C=C/NC(=O)N2C(C)(C)CC(N)CC2(C)C)c1. The van der Waals surface area contributed by atoms with Crippen LogP contribution in [0.25, 0.3) is 6.08 Å². The molecule has 0 unspecified atom stereocenters. The molecule has 1 saturated heterocycles. The molecule has 0 bridgehead atoms. The molecule has 4 heteroatoms. The number of hydrogen-bond donors (Lipinski definition) is 2. The number of nitrogens with one attached hydrogen (secondary N) is 1. The Kier molecular flexibility index (Phi) is 4.85. The zero-order valence-electron chi connectivity index (χ0n) is 14.9. The van der Waals surface area contributed by atoms with Gasteiger partial charge in [-0.05, 0) is 59.1 Å². The fourth-order valence-corrected chi connectivity index (χ4v) is 3.95. The second-order valence-corrected chi connectivity index (χ2v) is 7.83. The first-order valence-electron chi connectivity index (χ1n) is 8.21. The predicted molar refractivity (Wildman–Crippen MR) is 96.0 cm³/mol. The lowest BCUT2D eigenvalue weighted by atomic mass is 9.77. The van der Waals surface area contributed by atoms with Gasteiger partial charge >= 0.3 is 6.03 Å². The van der Waals surface area contributed by atoms with Gasteiger partial charge in [0.1, 0.15) is 0 Å². The van der Waals surface area contributed by atoms with E-state index in [-0.39, 0.29) is 23.2 Å². The van der Waals surface area contributed by atoms with Crippen molar-refractivity contribution < 1.29 is 4.79 Å². The summed E-state index contributed by atoms with van der Waals surface area (Å²) < 4.78 is 0. The third kappa shape index (κ3) is 4.14. The van der Waals surface area contributed by atoms with Crippen LogP contribution in [-0.2, 0) is 0 Å². The van der Waals surface area contributed by atoms with E-state index in [1.54, 1.807) is 6.20 Å². The van der Waals surface area contributed by atoms with E-state index < -0.39 is 0 Å². The van der Waals surface area contributed by atoms with Crippen LogP contribution in [0.5, 0.6) is 0 Å². The first kappa shape index (κ1) is 17.5. The van der Waals surface area contributed by atoms with E-state index in [1.807, 2.05) is 23.1 Å². The lowest BCUT2D eigenvalue weighted by Gasteiger charge is -2.54. The maximum atomic E-state index is 12.7. The number of nitrogens with zero attached hydrogens (tertiary/aromatic N) is 1. The molecule has 0 aromatic heterocycles. The number of aryl methyl sites for hydroxylation is 1. The van der Waals surface area contributed by atoms with Crippen LogP contribution >= 0.6 is 0 Å². The second-order valence-electron chi connectivity index (χ2n) is 7.83. The molecule has 126 valence electrons. The Morgan fingerprint density at radius 2 is 1.87 bits per heavy atom. The van der Waals surface area contributed by atoms with Gasteiger partial charge in [0.15, 0.2) is 0 Å². The van der Waals surface area contributed by atoms with Gasteiger partial charge in [-0.1, -0.05) is 29.8 Å². The fraction of sp³-hybridized carbons (Fsp3) is 0.526. The summed E-state index contributed by atoms with van der Waals surface area (Å²) >= 11 is 0. The average molecular weight is 315 g/mol. The van der Waals surface area contributed by atoms with Crippen LogP contribution in [0.4, 0.5) is 4.79 Å². The third-order valence-corrected chi connectivity index (χ3v) is 4.46. The molecule has 4 nitrogen and oxygen atoms in total. The van der Waals surface area contributed by atoms with E-state index in [1.165, 1.54) is 5.56 Å². The van der Waals surface area contributed by atoms with E-state index in [4.69, 9.17) is 5.73 Å². The largest absolute Gasteiger partial charge is 0.328 e. The number of hydrogen-bond acceptors (Lipinski definition) is 2. The standard InChI is InChI=1S/C19H29N3O/c1-14-7-6-8-15(11-14)9-10-21-17(23)22-18(2,3)12-16(20)13-19(22,4)5/h6-11,16H,12-13,20H2,1-5H3,(H,21,23)/b10-9+. The minimum atomic E-state index is -0.261. The predicted octanol–water partition coefficient (Wildman–Crippen LogP) is 3.66. The molecule has 3 N–H and O–H groups in total. The Hall–Kier alpha value is -1.81. The summed E-state index contributed by atoms with van der Waals surface area (Å²) in [6.45, 7) is 10.4. The quantitative estimate of drug-likeness (QED) is 0.875. The monoisotopic (exact) mass is 315 g/mol. The summed E-state index contributed by atoms with van der Waals surface area (Å²) in [5.41, 5.74) is 7.92. The summed E-state index contributed by atoms with van der Waals surface area (Å²) in [7, 11) is 0. The maximum absolute atomic E-state index is 12.7. The molecule has 2 amide bonds. The normalized spacial score (nSPS) is 20.7. The van der Waals surface area contributed by atoms with Crippen molar-refractivity contribution in [3.8, 4) is 0 Å². The maximum Gasteiger partial charge on any atom is 0.322 e. The van der Waals surface area contributed by atoms with E-state index in [0.29, 0.717) is 0 Å². The Morgan fingerprint density at radius 1 is 1.26 bits per heavy atom. The first-order valence-corrected chi connectivity index (χ1v) is 8.21. The molecule has 0 aliphatic carbocycles. The molecular weight excluding hydrogens is 286 g/mol. The minimum Gasteiger partial charge on any atom is -0.328 e. The van der Waals surface area contributed by atoms with Crippen molar-refractivity contribution in [3.63, 3.8) is 0 Å². The van der Waals surface area contributed by atoms with Crippen molar-refractivity contribution in [2.75, 3.05) is 0 Å². The Labute approximate surface area is 139 Å². The zero-order valence-corrected chi connectivity index (χ0v) is 14.9. The molecule has 1 aliphatic rings. The topological polar surface area (TPSA) is 58.4 Å². The molecular formula is C19H29N3O. The van der Waals surface area contributed by atoms with Crippen LogP contribution in [0.15, 0.2) is 30.5 Å². The molecule has 23 heavy (non-hydrogen) atoms. The minimum absolute atomic E-state index is 0.0733. The highest BCUT2D eigenvalue weighted by atomic mass is 16.2. The van der Waals surface area contributed by atoms with Crippen molar-refractivity contribution in [1.82, 2.24) is 10.2 Å². The highest BCUT2D eigenvalue weighted by molar-refractivity contribution is 5.78. The summed E-state index contributed by atoms with van der Waals surface area (Å²) in [6.07, 6.45) is 5.26. The molecule has 0 spiro atoms. The van der Waals surface area contributed by atoms with Crippen LogP contribution in [0, 0.1) is 6.92 Å². The number of carbonyl (C=O) groups is 1. The molecule has 1 fully saturated rings. The van der Waals surface area contributed by atoms with Crippen LogP contribution in [0.3, 0.4) is 0 Å². The smallest absolute Gasteiger partial charge is 0.322 e. The van der Waals surface area contributed by atoms with Gasteiger partial charge in [0.05, 0.1) is 0 Å². The molecule has 2 rings (SSSR count). The Bertz CT molecular complexity index is 586. The van der Waals surface area contributed by atoms with Crippen LogP contribution in [0.1, 0.15) is 51.7 Å². The number of amides is 2. The van der Waals surface area contributed by atoms with E-state index >= 15 is 0 Å². The van der Waals surface area contributed by atoms with E-state index in [9.17, 15) is 4.79 Å². The van der Waals surface area contributed by atoms with Crippen molar-refractivity contribution in [2.45, 2.75) is 64.6 Å². The number of urea groups is 1. The average Bonchev–Trinajstić information content (AvgIpc) is 2.34. The summed E-state index contributed by atoms with van der Waals surface area (Å²) in [5, 5.41) is 2.91. The van der Waals surface area contributed by atoms with Gasteiger partial charge in [-0.3, -0.25) is 0 Å². The van der Waals surface area contributed by atoms with Crippen LogP contribution in [0.2, 0.25) is 0 Å². The van der Waals surface area contributed by atoms with Crippen molar-refractivity contribution in [1.29, 1.82) is 0 Å². The summed E-state index contributed by atoms with van der Waals surface area (Å²) in [5.74, 6) is 0. The zero-order chi connectivity index (χ0) is 17.3. The van der Waals surface area contributed by atoms with Gasteiger partial charge in [0.25, 0.3) is 0 Å². The van der Waals surface area contributed by atoms with Gasteiger partial charge in [-0.25, -0.2) is 4.79 Å². The van der Waals surface area contributed by atoms with Gasteiger partial charge < -0.3 is 16.0 Å². The molecule has 1 aromatic rings. The number of carbonyl (C=O) groups excluding carboxylic acids is 1. The molecule has 0 saturated carbocycles. The number of piperidine rings is 1. The van der Waals surface area contributed by atoms with Gasteiger partial charge in [0, 0.05) is 23.3 Å². The van der Waals surface area contributed by atoms with Crippen LogP contribution in [-0.4, -0.2) is 28.1 Å². The number of nitrogens with two attached hydrogens (primary N) is 1. The van der Waals surface area contributed by atoms with Gasteiger partial charge in [0.2, 0.25) is 0 Å². The molecule has 1 aliphatic heterocycles. The summed E-state index contributed by atoms with van der Waals surface area (Å²) in [6, 6.07) is 8.22. The van der Waals surface area contributed by atoms with Crippen molar-refractivity contribution in [3.05, 3.63) is 41.6 Å². The lowest BCUT2D eigenvalue weighted by Crippen LogP contribution is -2.66. The fourth-order valence-electron chi connectivity index (χ4n) is 3.95. The van der Waals surface area contributed by atoms with Crippen LogP contribution < -0.4 is 11.1 Å². The molecule has 0 radical (unpaired) electrons. The highest BCUT2D eigenvalue weighted by Gasteiger charge is 2.46. The molecule has 0 atom stereocenters. The van der Waals surface area contributed by atoms with E-state index in [2.05, 4.69) is 52.1 Å². The molecule has 1 heterocycles. The number of benzene rings is 1. The summed E-state index contributed by atoms with van der Waals surface area (Å²) in [4.78, 5) is 14.7. The van der Waals surface area contributed by atoms with Crippen molar-refractivity contribution in [2.24, 2.45) is 5.73 Å². The van der Waals surface area contributed by atoms with Crippen molar-refractivity contribution >= 4 is 12.1 Å². The first-order chi connectivity index (χ1) is 10.6. The van der Waals surface area contributed by atoms with Gasteiger partial charge in [-0.2, -0.15) is 0 Å². The lowest BCUT2D eigenvalue weighted by molar-refractivity contribution is 0.00444. The highest BCUT2D eigenvalue weighted by Crippen LogP contribution is 2.37. The number of rotatable bonds is 2. The Balaban J connectivity index is 2.10. The van der Waals surface area contributed by atoms with E-state index in [0.717, 1.165) is 18.4 Å². The Morgan fingerprint density at radius 3 is 2.43 bits per heavy atom. The molecule has 1 aromatic carbocycles. The van der Waals surface area contributed by atoms with Gasteiger partial charge in [-0.15, -0.1) is 0 Å². The third-order valence-electron chi connectivity index (χ3n) is 4.46.